The molecular formula is C17H26. The van der Waals surface area contributed by atoms with E-state index in [0.717, 1.165) is 0 Å². The van der Waals surface area contributed by atoms with Crippen LogP contribution in [0, 0.1) is 0 Å². The molecule has 0 radical (unpaired) electrons. The molecule has 0 N–H and O–H groups in total. The Hall–Kier alpha value is -1.04. The van der Waals surface area contributed by atoms with Crippen molar-refractivity contribution in [3.8, 4) is 0 Å². The number of unbranched alkanes of at least 4 members (excludes halogenated alkanes) is 1. The van der Waals surface area contributed by atoms with Gasteiger partial charge in [0.1, 0.15) is 0 Å². The van der Waals surface area contributed by atoms with Gasteiger partial charge >= 0.3 is 0 Å². The van der Waals surface area contributed by atoms with Gasteiger partial charge in [0, 0.05) is 0 Å². The van der Waals surface area contributed by atoms with E-state index in [1.54, 1.807) is 5.57 Å². The van der Waals surface area contributed by atoms with Crippen LogP contribution < -0.4 is 0 Å². The zero-order chi connectivity index (χ0) is 12.2. The second-order valence-electron chi connectivity index (χ2n) is 4.70. The molecule has 0 atom stereocenters. The lowest BCUT2D eigenvalue weighted by molar-refractivity contribution is 0.667. The molecule has 0 heterocycles. The van der Waals surface area contributed by atoms with Gasteiger partial charge in [-0.1, -0.05) is 54.5 Å². The summed E-state index contributed by atoms with van der Waals surface area (Å²) < 4.78 is 0. The summed E-state index contributed by atoms with van der Waals surface area (Å²) in [5, 5.41) is 0. The maximum atomic E-state index is 2.35. The van der Waals surface area contributed by atoms with Crippen molar-refractivity contribution in [1.29, 1.82) is 0 Å². The molecule has 1 aliphatic carbocycles. The van der Waals surface area contributed by atoms with Crippen molar-refractivity contribution in [3.05, 3.63) is 48.1 Å². The van der Waals surface area contributed by atoms with Crippen LogP contribution in [0.25, 0.3) is 0 Å². The van der Waals surface area contributed by atoms with E-state index in [1.807, 2.05) is 0 Å². The summed E-state index contributed by atoms with van der Waals surface area (Å²) in [6.07, 6.45) is 26.0. The van der Waals surface area contributed by atoms with Crippen LogP contribution in [0.3, 0.4) is 0 Å². The predicted octanol–water partition coefficient (Wildman–Crippen LogP) is 5.74. The number of allylic oxidation sites excluding steroid dienone is 8. The fourth-order valence-electron chi connectivity index (χ4n) is 2.12. The largest absolute Gasteiger partial charge is 0.0877 e. The average Bonchev–Trinajstić information content (AvgIpc) is 2.47. The quantitative estimate of drug-likeness (QED) is 0.417. The summed E-state index contributed by atoms with van der Waals surface area (Å²) >= 11 is 0. The SMILES string of the molecule is CC=CC=CCCCC1=CC=CCCCCC1. The number of hydrogen-bond acceptors (Lipinski definition) is 0. The lowest BCUT2D eigenvalue weighted by atomic mass is 10.0. The van der Waals surface area contributed by atoms with Crippen molar-refractivity contribution in [2.24, 2.45) is 0 Å². The van der Waals surface area contributed by atoms with Gasteiger partial charge in [-0.2, -0.15) is 0 Å². The molecule has 0 bridgehead atoms. The average molecular weight is 230 g/mol. The Labute approximate surface area is 107 Å². The molecule has 0 aromatic rings. The molecule has 0 aromatic carbocycles. The van der Waals surface area contributed by atoms with Crippen molar-refractivity contribution in [1.82, 2.24) is 0 Å². The van der Waals surface area contributed by atoms with Gasteiger partial charge in [0.05, 0.1) is 0 Å². The third-order valence-electron chi connectivity index (χ3n) is 3.15. The Kier molecular flexibility index (Phi) is 8.36. The van der Waals surface area contributed by atoms with Crippen molar-refractivity contribution in [2.45, 2.75) is 58.3 Å². The van der Waals surface area contributed by atoms with Crippen LogP contribution in [-0.2, 0) is 0 Å². The van der Waals surface area contributed by atoms with E-state index in [-0.39, 0.29) is 0 Å². The van der Waals surface area contributed by atoms with Gasteiger partial charge in [-0.3, -0.25) is 0 Å². The monoisotopic (exact) mass is 230 g/mol. The normalized spacial score (nSPS) is 18.1. The van der Waals surface area contributed by atoms with Crippen molar-refractivity contribution < 1.29 is 0 Å². The smallest absolute Gasteiger partial charge is 0.0314 e. The van der Waals surface area contributed by atoms with Gasteiger partial charge < -0.3 is 0 Å². The summed E-state index contributed by atoms with van der Waals surface area (Å²) in [7, 11) is 0. The van der Waals surface area contributed by atoms with E-state index in [9.17, 15) is 0 Å². The molecule has 17 heavy (non-hydrogen) atoms. The van der Waals surface area contributed by atoms with Crippen LogP contribution in [0.5, 0.6) is 0 Å². The molecule has 0 saturated carbocycles. The number of rotatable bonds is 5. The van der Waals surface area contributed by atoms with Gasteiger partial charge in [0.15, 0.2) is 0 Å². The summed E-state index contributed by atoms with van der Waals surface area (Å²) in [4.78, 5) is 0. The summed E-state index contributed by atoms with van der Waals surface area (Å²) in [6, 6.07) is 0. The molecule has 0 unspecified atom stereocenters. The molecule has 0 aromatic heterocycles. The van der Waals surface area contributed by atoms with Gasteiger partial charge in [0.2, 0.25) is 0 Å². The van der Waals surface area contributed by atoms with Crippen molar-refractivity contribution in [3.63, 3.8) is 0 Å². The Balaban J connectivity index is 2.23. The first-order chi connectivity index (χ1) is 8.43. The van der Waals surface area contributed by atoms with Crippen LogP contribution in [0.1, 0.15) is 58.3 Å². The highest BCUT2D eigenvalue weighted by Crippen LogP contribution is 2.18. The first-order valence-corrected chi connectivity index (χ1v) is 7.06. The molecule has 0 saturated heterocycles. The van der Waals surface area contributed by atoms with Crippen LogP contribution in [-0.4, -0.2) is 0 Å². The minimum absolute atomic E-state index is 1.20. The van der Waals surface area contributed by atoms with E-state index in [0.29, 0.717) is 0 Å². The van der Waals surface area contributed by atoms with Crippen LogP contribution in [0.4, 0.5) is 0 Å². The molecule has 0 heteroatoms. The highest BCUT2D eigenvalue weighted by atomic mass is 14.0. The number of hydrogen-bond donors (Lipinski definition) is 0. The molecule has 0 spiro atoms. The fraction of sp³-hybridized carbons (Fsp3) is 0.529. The van der Waals surface area contributed by atoms with Crippen molar-refractivity contribution in [2.75, 3.05) is 0 Å². The zero-order valence-corrected chi connectivity index (χ0v) is 11.2. The summed E-state index contributed by atoms with van der Waals surface area (Å²) in [5.74, 6) is 0. The second kappa shape index (κ2) is 10.1. The molecule has 94 valence electrons. The topological polar surface area (TPSA) is 0 Å². The molecule has 0 amide bonds. The first kappa shape index (κ1) is 14.0. The molecule has 1 aliphatic rings. The minimum atomic E-state index is 1.20. The summed E-state index contributed by atoms with van der Waals surface area (Å²) in [6.45, 7) is 2.05. The van der Waals surface area contributed by atoms with E-state index >= 15 is 0 Å². The lowest BCUT2D eigenvalue weighted by Crippen LogP contribution is -1.85. The zero-order valence-electron chi connectivity index (χ0n) is 11.2. The highest BCUT2D eigenvalue weighted by Gasteiger charge is 1.98. The second-order valence-corrected chi connectivity index (χ2v) is 4.70. The van der Waals surface area contributed by atoms with E-state index in [1.165, 1.54) is 51.4 Å². The van der Waals surface area contributed by atoms with Crippen LogP contribution in [0.15, 0.2) is 48.1 Å². The first-order valence-electron chi connectivity index (χ1n) is 7.06. The molecule has 0 aliphatic heterocycles. The lowest BCUT2D eigenvalue weighted by Gasteiger charge is -2.05. The van der Waals surface area contributed by atoms with Crippen LogP contribution >= 0.6 is 0 Å². The standard InChI is InChI=1S/C17H26/c1-2-3-4-5-8-11-14-17-15-12-9-6-7-10-13-16-17/h2-5,9,12,15H,6-8,10-11,13-14,16H2,1H3. The predicted molar refractivity (Wildman–Crippen MR) is 78.1 cm³/mol. The van der Waals surface area contributed by atoms with Crippen LogP contribution in [0.2, 0.25) is 0 Å². The Morgan fingerprint density at radius 2 is 2.12 bits per heavy atom. The van der Waals surface area contributed by atoms with E-state index in [2.05, 4.69) is 49.5 Å². The third-order valence-corrected chi connectivity index (χ3v) is 3.15. The maximum Gasteiger partial charge on any atom is -0.0314 e. The van der Waals surface area contributed by atoms with Gasteiger partial charge in [-0.15, -0.1) is 0 Å². The Bertz CT molecular complexity index is 289. The van der Waals surface area contributed by atoms with E-state index < -0.39 is 0 Å². The fourth-order valence-corrected chi connectivity index (χ4v) is 2.12. The van der Waals surface area contributed by atoms with Gasteiger partial charge in [-0.25, -0.2) is 0 Å². The molecule has 0 nitrogen and oxygen atoms in total. The molecule has 1 rings (SSSR count). The molecule has 0 fully saturated rings. The van der Waals surface area contributed by atoms with Gasteiger partial charge in [0.25, 0.3) is 0 Å². The highest BCUT2D eigenvalue weighted by molar-refractivity contribution is 5.13. The third kappa shape index (κ3) is 7.79. The minimum Gasteiger partial charge on any atom is -0.0877 e. The summed E-state index contributed by atoms with van der Waals surface area (Å²) in [5.41, 5.74) is 1.64. The maximum absolute atomic E-state index is 2.35. The van der Waals surface area contributed by atoms with Crippen molar-refractivity contribution >= 4 is 0 Å². The van der Waals surface area contributed by atoms with E-state index in [4.69, 9.17) is 0 Å². The Morgan fingerprint density at radius 3 is 3.00 bits per heavy atom. The Morgan fingerprint density at radius 1 is 1.18 bits per heavy atom. The molecular weight excluding hydrogens is 204 g/mol. The van der Waals surface area contributed by atoms with Gasteiger partial charge in [-0.05, 0) is 51.9 Å².